The van der Waals surface area contributed by atoms with Crippen LogP contribution in [0.4, 0.5) is 4.39 Å². The largest absolute Gasteiger partial charge is 0.314 e. The van der Waals surface area contributed by atoms with Gasteiger partial charge in [0.05, 0.1) is 0 Å². The third kappa shape index (κ3) is 5.37. The summed E-state index contributed by atoms with van der Waals surface area (Å²) in [6.45, 7) is 3.18. The van der Waals surface area contributed by atoms with Crippen LogP contribution in [0.3, 0.4) is 0 Å². The Morgan fingerprint density at radius 2 is 1.86 bits per heavy atom. The average molecular weight is 356 g/mol. The van der Waals surface area contributed by atoms with E-state index in [1.165, 1.54) is 50.5 Å². The first-order valence-corrected chi connectivity index (χ1v) is 9.17. The van der Waals surface area contributed by atoms with E-state index in [0.29, 0.717) is 6.04 Å². The van der Waals surface area contributed by atoms with Gasteiger partial charge in [0.15, 0.2) is 0 Å². The Balaban J connectivity index is 2.06. The Labute approximate surface area is 136 Å². The molecule has 1 nitrogen and oxygen atoms in total. The molecule has 1 aliphatic carbocycles. The van der Waals surface area contributed by atoms with Crippen LogP contribution in [0.15, 0.2) is 22.7 Å². The number of hydrogen-bond donors (Lipinski definition) is 1. The van der Waals surface area contributed by atoms with Crippen molar-refractivity contribution in [2.24, 2.45) is 5.92 Å². The molecule has 0 aliphatic heterocycles. The molecule has 1 atom stereocenters. The molecule has 1 unspecified atom stereocenters. The van der Waals surface area contributed by atoms with Gasteiger partial charge in [-0.15, -0.1) is 0 Å². The van der Waals surface area contributed by atoms with Crippen LogP contribution in [0.5, 0.6) is 0 Å². The maximum absolute atomic E-state index is 13.2. The summed E-state index contributed by atoms with van der Waals surface area (Å²) in [5.74, 6) is 0.582. The van der Waals surface area contributed by atoms with Gasteiger partial charge in [-0.1, -0.05) is 61.0 Å². The molecule has 0 radical (unpaired) electrons. The van der Waals surface area contributed by atoms with E-state index in [-0.39, 0.29) is 5.82 Å². The van der Waals surface area contributed by atoms with Gasteiger partial charge >= 0.3 is 0 Å². The summed E-state index contributed by atoms with van der Waals surface area (Å²) in [5, 5.41) is 3.68. The van der Waals surface area contributed by atoms with Crippen LogP contribution in [0, 0.1) is 11.7 Å². The van der Waals surface area contributed by atoms with Crippen LogP contribution in [0.25, 0.3) is 0 Å². The second kappa shape index (κ2) is 8.89. The van der Waals surface area contributed by atoms with E-state index >= 15 is 0 Å². The number of rotatable bonds is 5. The Morgan fingerprint density at radius 3 is 2.48 bits per heavy atom. The minimum absolute atomic E-state index is 0.170. The number of nitrogens with one attached hydrogen (secondary N) is 1. The van der Waals surface area contributed by atoms with Crippen LogP contribution in [0.2, 0.25) is 0 Å². The summed E-state index contributed by atoms with van der Waals surface area (Å²) in [7, 11) is 0. The Kier molecular flexibility index (Phi) is 7.18. The molecule has 1 fully saturated rings. The molecule has 118 valence electrons. The van der Waals surface area contributed by atoms with Crippen LogP contribution in [-0.4, -0.2) is 12.6 Å². The number of hydrogen-bond acceptors (Lipinski definition) is 1. The molecular weight excluding hydrogens is 329 g/mol. The summed E-state index contributed by atoms with van der Waals surface area (Å²) in [6, 6.07) is 5.58. The highest BCUT2D eigenvalue weighted by Crippen LogP contribution is 2.28. The van der Waals surface area contributed by atoms with Crippen molar-refractivity contribution in [2.75, 3.05) is 6.54 Å². The van der Waals surface area contributed by atoms with Gasteiger partial charge in [-0.2, -0.15) is 0 Å². The van der Waals surface area contributed by atoms with E-state index in [0.717, 1.165) is 23.4 Å². The first kappa shape index (κ1) is 17.0. The van der Waals surface area contributed by atoms with Crippen molar-refractivity contribution in [1.29, 1.82) is 0 Å². The summed E-state index contributed by atoms with van der Waals surface area (Å²) in [6.07, 6.45) is 10.5. The number of halogens is 2. The third-order valence-electron chi connectivity index (χ3n) is 4.64. The van der Waals surface area contributed by atoms with Gasteiger partial charge < -0.3 is 5.32 Å². The maximum Gasteiger partial charge on any atom is 0.124 e. The predicted octanol–water partition coefficient (Wildman–Crippen LogP) is 5.47. The normalized spacial score (nSPS) is 19.0. The summed E-state index contributed by atoms with van der Waals surface area (Å²) in [5.41, 5.74) is 1.21. The first-order valence-electron chi connectivity index (χ1n) is 8.38. The smallest absolute Gasteiger partial charge is 0.124 e. The van der Waals surface area contributed by atoms with Gasteiger partial charge in [0.1, 0.15) is 5.82 Å². The van der Waals surface area contributed by atoms with Crippen LogP contribution in [-0.2, 0) is 6.42 Å². The molecule has 1 saturated carbocycles. The average Bonchev–Trinajstić information content (AvgIpc) is 2.41. The van der Waals surface area contributed by atoms with Crippen molar-refractivity contribution in [3.8, 4) is 0 Å². The lowest BCUT2D eigenvalue weighted by Crippen LogP contribution is -2.38. The lowest BCUT2D eigenvalue weighted by molar-refractivity contribution is 0.286. The SMILES string of the molecule is CCNC(Cc1ccc(F)cc1Br)C1CCCCCCC1. The van der Waals surface area contributed by atoms with Gasteiger partial charge in [-0.3, -0.25) is 0 Å². The second-order valence-corrected chi connectivity index (χ2v) is 7.06. The van der Waals surface area contributed by atoms with Gasteiger partial charge in [0.25, 0.3) is 0 Å². The molecule has 0 aromatic heterocycles. The van der Waals surface area contributed by atoms with Crippen molar-refractivity contribution < 1.29 is 4.39 Å². The van der Waals surface area contributed by atoms with E-state index in [1.54, 1.807) is 12.1 Å². The van der Waals surface area contributed by atoms with Gasteiger partial charge in [0, 0.05) is 10.5 Å². The highest BCUT2D eigenvalue weighted by Gasteiger charge is 2.22. The molecule has 2 rings (SSSR count). The fourth-order valence-electron chi connectivity index (χ4n) is 3.48. The highest BCUT2D eigenvalue weighted by molar-refractivity contribution is 9.10. The summed E-state index contributed by atoms with van der Waals surface area (Å²) in [4.78, 5) is 0. The molecule has 0 saturated heterocycles. The van der Waals surface area contributed by atoms with E-state index in [2.05, 4.69) is 28.2 Å². The lowest BCUT2D eigenvalue weighted by Gasteiger charge is -2.30. The molecule has 0 amide bonds. The van der Waals surface area contributed by atoms with E-state index in [4.69, 9.17) is 0 Å². The topological polar surface area (TPSA) is 12.0 Å². The van der Waals surface area contributed by atoms with Gasteiger partial charge in [-0.25, -0.2) is 4.39 Å². The summed E-state index contributed by atoms with van der Waals surface area (Å²) < 4.78 is 14.1. The zero-order valence-electron chi connectivity index (χ0n) is 13.0. The predicted molar refractivity (Wildman–Crippen MR) is 91.1 cm³/mol. The Bertz CT molecular complexity index is 427. The number of benzene rings is 1. The quantitative estimate of drug-likeness (QED) is 0.738. The zero-order chi connectivity index (χ0) is 15.1. The summed E-state index contributed by atoms with van der Waals surface area (Å²) >= 11 is 3.51. The monoisotopic (exact) mass is 355 g/mol. The van der Waals surface area contributed by atoms with E-state index < -0.39 is 0 Å². The minimum atomic E-state index is -0.170. The van der Waals surface area contributed by atoms with Gasteiger partial charge in [0.2, 0.25) is 0 Å². The molecule has 3 heteroatoms. The van der Waals surface area contributed by atoms with Crippen LogP contribution >= 0.6 is 15.9 Å². The lowest BCUT2D eigenvalue weighted by atomic mass is 9.83. The van der Waals surface area contributed by atoms with Crippen molar-refractivity contribution in [3.63, 3.8) is 0 Å². The Morgan fingerprint density at radius 1 is 1.19 bits per heavy atom. The van der Waals surface area contributed by atoms with Gasteiger partial charge in [-0.05, 0) is 49.4 Å². The molecule has 0 heterocycles. The third-order valence-corrected chi connectivity index (χ3v) is 5.38. The molecule has 0 bridgehead atoms. The van der Waals surface area contributed by atoms with Crippen LogP contribution in [0.1, 0.15) is 57.4 Å². The molecule has 1 N–H and O–H groups in total. The standard InChI is InChI=1S/C18H27BrFN/c1-2-21-18(14-8-6-4-3-5-7-9-14)12-15-10-11-16(20)13-17(15)19/h10-11,13-14,18,21H,2-9,12H2,1H3. The number of likely N-dealkylation sites (N-methyl/N-ethyl adjacent to an activating group) is 1. The molecule has 21 heavy (non-hydrogen) atoms. The van der Waals surface area contributed by atoms with Crippen molar-refractivity contribution in [3.05, 3.63) is 34.1 Å². The molecule has 1 aromatic carbocycles. The van der Waals surface area contributed by atoms with Crippen molar-refractivity contribution in [2.45, 2.75) is 64.3 Å². The Hall–Kier alpha value is -0.410. The van der Waals surface area contributed by atoms with E-state index in [9.17, 15) is 4.39 Å². The fraction of sp³-hybridized carbons (Fsp3) is 0.667. The zero-order valence-corrected chi connectivity index (χ0v) is 14.6. The highest BCUT2D eigenvalue weighted by atomic mass is 79.9. The van der Waals surface area contributed by atoms with Crippen LogP contribution < -0.4 is 5.32 Å². The van der Waals surface area contributed by atoms with Crippen molar-refractivity contribution in [1.82, 2.24) is 5.32 Å². The fourth-order valence-corrected chi connectivity index (χ4v) is 3.99. The molecule has 1 aliphatic rings. The molecular formula is C18H27BrFN. The van der Waals surface area contributed by atoms with E-state index in [1.807, 2.05) is 6.07 Å². The van der Waals surface area contributed by atoms with Crippen molar-refractivity contribution >= 4 is 15.9 Å². The first-order chi connectivity index (χ1) is 10.2. The maximum atomic E-state index is 13.2. The minimum Gasteiger partial charge on any atom is -0.314 e. The second-order valence-electron chi connectivity index (χ2n) is 6.21. The molecule has 0 spiro atoms. The molecule has 1 aromatic rings.